The molecule has 6 heteroatoms. The van der Waals surface area contributed by atoms with Gasteiger partial charge in [-0.15, -0.1) is 5.10 Å². The molecule has 2 aromatic heterocycles. The molecule has 2 aromatic rings. The molecule has 5 nitrogen and oxygen atoms in total. The van der Waals surface area contributed by atoms with Gasteiger partial charge in [0.1, 0.15) is 0 Å². The predicted octanol–water partition coefficient (Wildman–Crippen LogP) is 1.46. The third-order valence-electron chi connectivity index (χ3n) is 3.44. The Morgan fingerprint density at radius 2 is 2.37 bits per heavy atom. The van der Waals surface area contributed by atoms with E-state index in [1.54, 1.807) is 11.3 Å². The molecule has 3 rings (SSSR count). The Hall–Kier alpha value is -1.24. The molecular formula is C13H19N5S. The maximum Gasteiger partial charge on any atom is 0.0962 e. The van der Waals surface area contributed by atoms with Gasteiger partial charge in [-0.05, 0) is 35.2 Å². The van der Waals surface area contributed by atoms with Crippen LogP contribution in [0.2, 0.25) is 0 Å². The molecule has 102 valence electrons. The first-order valence-corrected chi connectivity index (χ1v) is 7.63. The van der Waals surface area contributed by atoms with E-state index < -0.39 is 0 Å². The van der Waals surface area contributed by atoms with Gasteiger partial charge in [0.15, 0.2) is 0 Å². The lowest BCUT2D eigenvalue weighted by atomic mass is 10.3. The van der Waals surface area contributed by atoms with Gasteiger partial charge in [0.2, 0.25) is 0 Å². The van der Waals surface area contributed by atoms with E-state index in [0.29, 0.717) is 6.54 Å². The van der Waals surface area contributed by atoms with Crippen molar-refractivity contribution in [2.24, 2.45) is 5.73 Å². The SMILES string of the molecule is NCc1cn(CCN(Cc2ccsc2)C2CC2)nn1. The fourth-order valence-corrected chi connectivity index (χ4v) is 2.88. The van der Waals surface area contributed by atoms with Crippen LogP contribution in [-0.2, 0) is 19.6 Å². The summed E-state index contributed by atoms with van der Waals surface area (Å²) in [5.41, 5.74) is 7.81. The average molecular weight is 277 g/mol. The number of nitrogens with two attached hydrogens (primary N) is 1. The van der Waals surface area contributed by atoms with Crippen LogP contribution in [-0.4, -0.2) is 32.5 Å². The monoisotopic (exact) mass is 277 g/mol. The van der Waals surface area contributed by atoms with E-state index in [9.17, 15) is 0 Å². The normalized spacial score (nSPS) is 15.3. The van der Waals surface area contributed by atoms with Crippen LogP contribution in [0.5, 0.6) is 0 Å². The van der Waals surface area contributed by atoms with E-state index in [1.165, 1.54) is 18.4 Å². The summed E-state index contributed by atoms with van der Waals surface area (Å²) in [6, 6.07) is 2.97. The number of hydrogen-bond acceptors (Lipinski definition) is 5. The molecule has 0 aromatic carbocycles. The fraction of sp³-hybridized carbons (Fsp3) is 0.538. The average Bonchev–Trinajstić information content (AvgIpc) is 2.97. The van der Waals surface area contributed by atoms with Gasteiger partial charge >= 0.3 is 0 Å². The van der Waals surface area contributed by atoms with Crippen LogP contribution >= 0.6 is 11.3 Å². The van der Waals surface area contributed by atoms with Crippen LogP contribution in [0.4, 0.5) is 0 Å². The second kappa shape index (κ2) is 5.81. The van der Waals surface area contributed by atoms with Crippen LogP contribution in [0.15, 0.2) is 23.0 Å². The van der Waals surface area contributed by atoms with Gasteiger partial charge in [0.25, 0.3) is 0 Å². The highest BCUT2D eigenvalue weighted by Gasteiger charge is 2.28. The summed E-state index contributed by atoms with van der Waals surface area (Å²) < 4.78 is 1.89. The zero-order valence-electron chi connectivity index (χ0n) is 10.9. The Bertz CT molecular complexity index is 503. The summed E-state index contributed by atoms with van der Waals surface area (Å²) in [5.74, 6) is 0. The van der Waals surface area contributed by atoms with Gasteiger partial charge in [-0.25, -0.2) is 0 Å². The maximum atomic E-state index is 5.54. The third kappa shape index (κ3) is 3.40. The van der Waals surface area contributed by atoms with Crippen molar-refractivity contribution < 1.29 is 0 Å². The summed E-state index contributed by atoms with van der Waals surface area (Å²) in [6.45, 7) is 3.41. The standard InChI is InChI=1S/C13H19N5S/c14-7-12-9-18(16-15-12)5-4-17(13-1-2-13)8-11-3-6-19-10-11/h3,6,9-10,13H,1-2,4-5,7-8,14H2. The van der Waals surface area contributed by atoms with Gasteiger partial charge in [-0.3, -0.25) is 9.58 Å². The molecule has 1 saturated carbocycles. The molecule has 0 radical (unpaired) electrons. The van der Waals surface area contributed by atoms with Crippen molar-refractivity contribution in [3.05, 3.63) is 34.3 Å². The van der Waals surface area contributed by atoms with E-state index in [0.717, 1.165) is 31.4 Å². The van der Waals surface area contributed by atoms with Gasteiger partial charge in [-0.1, -0.05) is 5.21 Å². The number of rotatable bonds is 7. The van der Waals surface area contributed by atoms with Crippen molar-refractivity contribution in [1.82, 2.24) is 19.9 Å². The molecule has 0 spiro atoms. The maximum absolute atomic E-state index is 5.54. The zero-order chi connectivity index (χ0) is 13.1. The Morgan fingerprint density at radius 1 is 1.47 bits per heavy atom. The van der Waals surface area contributed by atoms with Crippen LogP contribution < -0.4 is 5.73 Å². The zero-order valence-corrected chi connectivity index (χ0v) is 11.7. The van der Waals surface area contributed by atoms with Crippen molar-refractivity contribution in [2.45, 2.75) is 38.5 Å². The molecular weight excluding hydrogens is 258 g/mol. The second-order valence-electron chi connectivity index (χ2n) is 5.01. The van der Waals surface area contributed by atoms with Crippen molar-refractivity contribution in [2.75, 3.05) is 6.54 Å². The lowest BCUT2D eigenvalue weighted by Crippen LogP contribution is -2.29. The summed E-state index contributed by atoms with van der Waals surface area (Å²) in [6.07, 6.45) is 4.60. The van der Waals surface area contributed by atoms with Crippen LogP contribution in [0.1, 0.15) is 24.1 Å². The number of hydrogen-bond donors (Lipinski definition) is 1. The summed E-state index contributed by atoms with van der Waals surface area (Å²) in [7, 11) is 0. The molecule has 0 bridgehead atoms. The molecule has 2 heterocycles. The molecule has 0 amide bonds. The molecule has 0 saturated heterocycles. The molecule has 0 aliphatic heterocycles. The quantitative estimate of drug-likeness (QED) is 0.832. The lowest BCUT2D eigenvalue weighted by molar-refractivity contribution is 0.240. The Labute approximate surface area is 117 Å². The smallest absolute Gasteiger partial charge is 0.0962 e. The van der Waals surface area contributed by atoms with Gasteiger partial charge in [0, 0.05) is 31.9 Å². The van der Waals surface area contributed by atoms with Crippen molar-refractivity contribution in [1.29, 1.82) is 0 Å². The molecule has 1 fully saturated rings. The third-order valence-corrected chi connectivity index (χ3v) is 4.17. The Balaban J connectivity index is 1.56. The highest BCUT2D eigenvalue weighted by molar-refractivity contribution is 7.07. The molecule has 1 aliphatic carbocycles. The highest BCUT2D eigenvalue weighted by Crippen LogP contribution is 2.28. The molecule has 0 atom stereocenters. The van der Waals surface area contributed by atoms with Crippen LogP contribution in [0.3, 0.4) is 0 Å². The molecule has 19 heavy (non-hydrogen) atoms. The fourth-order valence-electron chi connectivity index (χ4n) is 2.22. The Morgan fingerprint density at radius 3 is 3.00 bits per heavy atom. The van der Waals surface area contributed by atoms with Crippen LogP contribution in [0, 0.1) is 0 Å². The number of aromatic nitrogens is 3. The van der Waals surface area contributed by atoms with E-state index in [4.69, 9.17) is 5.73 Å². The highest BCUT2D eigenvalue weighted by atomic mass is 32.1. The Kier molecular flexibility index (Phi) is 3.91. The van der Waals surface area contributed by atoms with Gasteiger partial charge in [0.05, 0.1) is 12.2 Å². The largest absolute Gasteiger partial charge is 0.325 e. The van der Waals surface area contributed by atoms with E-state index in [1.807, 2.05) is 10.9 Å². The van der Waals surface area contributed by atoms with Crippen molar-refractivity contribution in [3.63, 3.8) is 0 Å². The minimum absolute atomic E-state index is 0.460. The number of nitrogens with zero attached hydrogens (tertiary/aromatic N) is 4. The minimum Gasteiger partial charge on any atom is -0.325 e. The van der Waals surface area contributed by atoms with E-state index in [2.05, 4.69) is 32.0 Å². The van der Waals surface area contributed by atoms with Gasteiger partial charge < -0.3 is 5.73 Å². The summed E-state index contributed by atoms with van der Waals surface area (Å²) >= 11 is 1.77. The minimum atomic E-state index is 0.460. The number of thiophene rings is 1. The first-order chi connectivity index (χ1) is 9.35. The van der Waals surface area contributed by atoms with E-state index in [-0.39, 0.29) is 0 Å². The topological polar surface area (TPSA) is 60.0 Å². The van der Waals surface area contributed by atoms with Crippen molar-refractivity contribution >= 4 is 11.3 Å². The van der Waals surface area contributed by atoms with E-state index >= 15 is 0 Å². The first kappa shape index (κ1) is 12.8. The molecule has 0 unspecified atom stereocenters. The first-order valence-electron chi connectivity index (χ1n) is 6.69. The lowest BCUT2D eigenvalue weighted by Gasteiger charge is -2.21. The van der Waals surface area contributed by atoms with Gasteiger partial charge in [-0.2, -0.15) is 11.3 Å². The van der Waals surface area contributed by atoms with Crippen LogP contribution in [0.25, 0.3) is 0 Å². The molecule has 2 N–H and O–H groups in total. The summed E-state index contributed by atoms with van der Waals surface area (Å²) in [4.78, 5) is 2.55. The second-order valence-corrected chi connectivity index (χ2v) is 5.79. The van der Waals surface area contributed by atoms with Crippen molar-refractivity contribution in [3.8, 4) is 0 Å². The summed E-state index contributed by atoms with van der Waals surface area (Å²) in [5, 5.41) is 12.5. The molecule has 1 aliphatic rings. The predicted molar refractivity (Wildman–Crippen MR) is 75.7 cm³/mol.